The number of thiophene rings is 2. The van der Waals surface area contributed by atoms with Crippen LogP contribution in [0.5, 0.6) is 0 Å². The minimum atomic E-state index is -0.354. The van der Waals surface area contributed by atoms with Gasteiger partial charge in [-0.05, 0) is 42.3 Å². The van der Waals surface area contributed by atoms with Crippen molar-refractivity contribution in [2.24, 2.45) is 0 Å². The van der Waals surface area contributed by atoms with Crippen molar-refractivity contribution in [3.63, 3.8) is 0 Å². The van der Waals surface area contributed by atoms with Crippen LogP contribution in [0, 0.1) is 6.92 Å². The molecule has 3 aromatic rings. The van der Waals surface area contributed by atoms with Crippen molar-refractivity contribution in [3.8, 4) is 10.6 Å². The van der Waals surface area contributed by atoms with Gasteiger partial charge in [-0.3, -0.25) is 10.00 Å². The maximum atomic E-state index is 9.84. The van der Waals surface area contributed by atoms with Gasteiger partial charge in [-0.1, -0.05) is 6.07 Å². The highest BCUT2D eigenvalue weighted by molar-refractivity contribution is 7.13. The van der Waals surface area contributed by atoms with Gasteiger partial charge in [0.2, 0.25) is 0 Å². The Morgan fingerprint density at radius 3 is 2.78 bits per heavy atom. The van der Waals surface area contributed by atoms with Crippen molar-refractivity contribution in [1.82, 2.24) is 15.1 Å². The minimum absolute atomic E-state index is 0.354. The fourth-order valence-electron chi connectivity index (χ4n) is 2.63. The van der Waals surface area contributed by atoms with E-state index in [0.717, 1.165) is 18.8 Å². The van der Waals surface area contributed by atoms with Crippen molar-refractivity contribution < 1.29 is 5.11 Å². The number of hydrogen-bond acceptors (Lipinski definition) is 5. The predicted octanol–water partition coefficient (Wildman–Crippen LogP) is 3.89. The zero-order chi connectivity index (χ0) is 16.2. The van der Waals surface area contributed by atoms with Gasteiger partial charge in [0.25, 0.3) is 0 Å². The number of aromatic amines is 1. The SMILES string of the molecule is Cc1ccsc1CN(Cc1cn[nH]c1-c1cccs1)CC(C)O. The Labute approximate surface area is 144 Å². The van der Waals surface area contributed by atoms with Crippen molar-refractivity contribution in [3.05, 3.63) is 51.2 Å². The number of aliphatic hydroxyl groups excluding tert-OH is 1. The lowest BCUT2D eigenvalue weighted by atomic mass is 10.2. The average Bonchev–Trinajstić information content (AvgIpc) is 3.21. The lowest BCUT2D eigenvalue weighted by Crippen LogP contribution is -2.30. The Morgan fingerprint density at radius 2 is 2.13 bits per heavy atom. The van der Waals surface area contributed by atoms with Crippen LogP contribution in [-0.2, 0) is 13.1 Å². The molecular formula is C17H21N3OS2. The minimum Gasteiger partial charge on any atom is -0.392 e. The monoisotopic (exact) mass is 347 g/mol. The maximum absolute atomic E-state index is 9.84. The zero-order valence-electron chi connectivity index (χ0n) is 13.3. The van der Waals surface area contributed by atoms with Crippen LogP contribution in [0.4, 0.5) is 0 Å². The topological polar surface area (TPSA) is 52.2 Å². The summed E-state index contributed by atoms with van der Waals surface area (Å²) < 4.78 is 0. The molecule has 0 saturated heterocycles. The van der Waals surface area contributed by atoms with Crippen molar-refractivity contribution in [2.45, 2.75) is 33.0 Å². The van der Waals surface area contributed by atoms with E-state index >= 15 is 0 Å². The average molecular weight is 348 g/mol. The van der Waals surface area contributed by atoms with Gasteiger partial charge in [0.15, 0.2) is 0 Å². The van der Waals surface area contributed by atoms with Crippen LogP contribution in [0.15, 0.2) is 35.2 Å². The summed E-state index contributed by atoms with van der Waals surface area (Å²) in [5, 5.41) is 21.4. The summed E-state index contributed by atoms with van der Waals surface area (Å²) in [4.78, 5) is 4.83. The van der Waals surface area contributed by atoms with E-state index in [4.69, 9.17) is 0 Å². The van der Waals surface area contributed by atoms with Gasteiger partial charge in [-0.25, -0.2) is 0 Å². The molecule has 0 spiro atoms. The first kappa shape index (κ1) is 16.4. The highest BCUT2D eigenvalue weighted by Gasteiger charge is 2.16. The molecule has 0 aliphatic rings. The first-order valence-electron chi connectivity index (χ1n) is 7.63. The molecule has 0 aromatic carbocycles. The summed E-state index contributed by atoms with van der Waals surface area (Å²) in [5.74, 6) is 0. The van der Waals surface area contributed by atoms with Gasteiger partial charge in [0.05, 0.1) is 22.9 Å². The Balaban J connectivity index is 1.79. The molecule has 1 atom stereocenters. The smallest absolute Gasteiger partial charge is 0.0794 e. The van der Waals surface area contributed by atoms with Gasteiger partial charge in [0, 0.05) is 30.1 Å². The molecule has 0 aliphatic carbocycles. The second kappa shape index (κ2) is 7.40. The summed E-state index contributed by atoms with van der Waals surface area (Å²) >= 11 is 3.48. The van der Waals surface area contributed by atoms with Crippen LogP contribution in [0.2, 0.25) is 0 Å². The van der Waals surface area contributed by atoms with Crippen molar-refractivity contribution in [2.75, 3.05) is 6.54 Å². The van der Waals surface area contributed by atoms with E-state index < -0.39 is 0 Å². The summed E-state index contributed by atoms with van der Waals surface area (Å²) in [7, 11) is 0. The predicted molar refractivity (Wildman–Crippen MR) is 96.8 cm³/mol. The molecule has 3 heterocycles. The Hall–Kier alpha value is -1.47. The maximum Gasteiger partial charge on any atom is 0.0794 e. The molecule has 6 heteroatoms. The standard InChI is InChI=1S/C17H21N3OS2/c1-12-5-7-23-16(12)11-20(9-13(2)21)10-14-8-18-19-17(14)15-4-3-6-22-15/h3-8,13,21H,9-11H2,1-2H3,(H,18,19). The number of hydrogen-bond donors (Lipinski definition) is 2. The van der Waals surface area contributed by atoms with Crippen molar-refractivity contribution in [1.29, 1.82) is 0 Å². The quantitative estimate of drug-likeness (QED) is 0.682. The normalized spacial score (nSPS) is 12.9. The third kappa shape index (κ3) is 4.09. The second-order valence-electron chi connectivity index (χ2n) is 5.79. The molecule has 4 nitrogen and oxygen atoms in total. The first-order valence-corrected chi connectivity index (χ1v) is 9.39. The molecule has 2 N–H and O–H groups in total. The molecule has 0 saturated carbocycles. The van der Waals surface area contributed by atoms with Crippen LogP contribution >= 0.6 is 22.7 Å². The molecule has 0 amide bonds. The largest absolute Gasteiger partial charge is 0.392 e. The van der Waals surface area contributed by atoms with E-state index in [-0.39, 0.29) is 6.10 Å². The molecule has 3 rings (SSSR count). The van der Waals surface area contributed by atoms with Crippen LogP contribution in [0.25, 0.3) is 10.6 Å². The number of rotatable bonds is 7. The van der Waals surface area contributed by atoms with E-state index in [0.29, 0.717) is 6.54 Å². The fraction of sp³-hybridized carbons (Fsp3) is 0.353. The van der Waals surface area contributed by atoms with E-state index in [1.807, 2.05) is 19.2 Å². The fourth-order valence-corrected chi connectivity index (χ4v) is 4.34. The molecule has 0 fully saturated rings. The summed E-state index contributed by atoms with van der Waals surface area (Å²) in [6.45, 7) is 6.24. The van der Waals surface area contributed by atoms with Gasteiger partial charge < -0.3 is 5.11 Å². The number of aliphatic hydroxyl groups is 1. The molecular weight excluding hydrogens is 326 g/mol. The number of aryl methyl sites for hydroxylation is 1. The lowest BCUT2D eigenvalue weighted by Gasteiger charge is -2.23. The number of nitrogens with zero attached hydrogens (tertiary/aromatic N) is 2. The Kier molecular flexibility index (Phi) is 5.27. The van der Waals surface area contributed by atoms with Gasteiger partial charge in [-0.2, -0.15) is 5.10 Å². The Morgan fingerprint density at radius 1 is 1.26 bits per heavy atom. The van der Waals surface area contributed by atoms with Crippen LogP contribution < -0.4 is 0 Å². The second-order valence-corrected chi connectivity index (χ2v) is 7.74. The highest BCUT2D eigenvalue weighted by atomic mass is 32.1. The van der Waals surface area contributed by atoms with Crippen LogP contribution in [0.3, 0.4) is 0 Å². The molecule has 23 heavy (non-hydrogen) atoms. The number of aromatic nitrogens is 2. The van der Waals surface area contributed by atoms with Gasteiger partial charge in [-0.15, -0.1) is 22.7 Å². The molecule has 0 radical (unpaired) electrons. The molecule has 122 valence electrons. The summed E-state index contributed by atoms with van der Waals surface area (Å²) in [6, 6.07) is 6.30. The molecule has 0 bridgehead atoms. The molecule has 0 aliphatic heterocycles. The van der Waals surface area contributed by atoms with E-state index in [1.165, 1.54) is 20.9 Å². The van der Waals surface area contributed by atoms with Crippen LogP contribution in [0.1, 0.15) is 22.9 Å². The highest BCUT2D eigenvalue weighted by Crippen LogP contribution is 2.27. The number of H-pyrrole nitrogens is 1. The molecule has 3 aromatic heterocycles. The summed E-state index contributed by atoms with van der Waals surface area (Å²) in [6.07, 6.45) is 1.54. The first-order chi connectivity index (χ1) is 11.1. The number of nitrogens with one attached hydrogen (secondary N) is 1. The van der Waals surface area contributed by atoms with E-state index in [2.05, 4.69) is 44.9 Å². The van der Waals surface area contributed by atoms with E-state index in [9.17, 15) is 5.11 Å². The van der Waals surface area contributed by atoms with E-state index in [1.54, 1.807) is 22.7 Å². The third-order valence-corrected chi connectivity index (χ3v) is 5.63. The van der Waals surface area contributed by atoms with Gasteiger partial charge in [0.1, 0.15) is 0 Å². The summed E-state index contributed by atoms with van der Waals surface area (Å²) in [5.41, 5.74) is 3.57. The van der Waals surface area contributed by atoms with Crippen LogP contribution in [-0.4, -0.2) is 32.9 Å². The third-order valence-electron chi connectivity index (χ3n) is 3.74. The van der Waals surface area contributed by atoms with Crippen molar-refractivity contribution >= 4 is 22.7 Å². The molecule has 1 unspecified atom stereocenters. The zero-order valence-corrected chi connectivity index (χ0v) is 15.0. The lowest BCUT2D eigenvalue weighted by molar-refractivity contribution is 0.119. The Bertz CT molecular complexity index is 731. The van der Waals surface area contributed by atoms with Gasteiger partial charge >= 0.3 is 0 Å².